The number of nitrogens with one attached hydrogen (secondary N) is 1. The van der Waals surface area contributed by atoms with Gasteiger partial charge in [-0.05, 0) is 44.0 Å². The number of benzene rings is 1. The third-order valence-electron chi connectivity index (χ3n) is 3.80. The van der Waals surface area contributed by atoms with Gasteiger partial charge in [0.15, 0.2) is 0 Å². The van der Waals surface area contributed by atoms with Crippen LogP contribution in [-0.4, -0.2) is 36.5 Å². The highest BCUT2D eigenvalue weighted by atomic mass is 35.5. The van der Waals surface area contributed by atoms with Crippen LogP contribution in [0.1, 0.15) is 43.0 Å². The molecule has 1 saturated heterocycles. The van der Waals surface area contributed by atoms with Crippen molar-refractivity contribution in [1.82, 2.24) is 10.2 Å². The van der Waals surface area contributed by atoms with Crippen LogP contribution in [0.15, 0.2) is 18.2 Å². The third kappa shape index (κ3) is 4.42. The van der Waals surface area contributed by atoms with E-state index in [0.717, 1.165) is 19.4 Å². The molecule has 0 bridgehead atoms. The van der Waals surface area contributed by atoms with Crippen LogP contribution in [0.4, 0.5) is 4.39 Å². The summed E-state index contributed by atoms with van der Waals surface area (Å²) in [4.78, 5) is 14.3. The number of halogens is 2. The van der Waals surface area contributed by atoms with Crippen LogP contribution < -0.4 is 5.32 Å². The summed E-state index contributed by atoms with van der Waals surface area (Å²) < 4.78 is 13.9. The minimum Gasteiger partial charge on any atom is -0.337 e. The van der Waals surface area contributed by atoms with Crippen molar-refractivity contribution in [2.45, 2.75) is 38.6 Å². The quantitative estimate of drug-likeness (QED) is 0.903. The van der Waals surface area contributed by atoms with Crippen LogP contribution in [0, 0.1) is 5.82 Å². The Bertz CT molecular complexity index is 489. The van der Waals surface area contributed by atoms with Crippen molar-refractivity contribution in [1.29, 1.82) is 0 Å². The molecule has 0 spiro atoms. The minimum atomic E-state index is -0.551. The number of nitrogens with zero attached hydrogens (tertiary/aromatic N) is 1. The zero-order chi connectivity index (χ0) is 15.2. The molecule has 1 aromatic rings. The minimum absolute atomic E-state index is 0.101. The Morgan fingerprint density at radius 3 is 2.90 bits per heavy atom. The van der Waals surface area contributed by atoms with Crippen molar-refractivity contribution in [3.63, 3.8) is 0 Å². The van der Waals surface area contributed by atoms with E-state index < -0.39 is 5.82 Å². The Hall–Kier alpha value is -1.13. The number of carbonyl (C=O) groups excluding carboxylic acids is 1. The number of hydrogen-bond donors (Lipinski definition) is 1. The van der Waals surface area contributed by atoms with Gasteiger partial charge in [-0.1, -0.05) is 24.9 Å². The van der Waals surface area contributed by atoms with E-state index in [4.69, 9.17) is 11.6 Å². The van der Waals surface area contributed by atoms with Crippen molar-refractivity contribution in [2.75, 3.05) is 19.6 Å². The molecule has 116 valence electrons. The van der Waals surface area contributed by atoms with Crippen molar-refractivity contribution in [2.24, 2.45) is 0 Å². The Morgan fingerprint density at radius 2 is 2.29 bits per heavy atom. The number of rotatable bonds is 5. The molecule has 0 radical (unpaired) electrons. The van der Waals surface area contributed by atoms with Gasteiger partial charge in [-0.25, -0.2) is 4.39 Å². The van der Waals surface area contributed by atoms with E-state index in [0.29, 0.717) is 24.2 Å². The second-order valence-corrected chi connectivity index (χ2v) is 5.96. The number of piperidine rings is 1. The summed E-state index contributed by atoms with van der Waals surface area (Å²) in [5, 5.41) is 3.73. The van der Waals surface area contributed by atoms with Crippen LogP contribution in [0.3, 0.4) is 0 Å². The zero-order valence-corrected chi connectivity index (χ0v) is 13.1. The molecule has 5 heteroatoms. The summed E-state index contributed by atoms with van der Waals surface area (Å²) in [6.07, 6.45) is 4.29. The number of amides is 1. The predicted molar refractivity (Wildman–Crippen MR) is 83.2 cm³/mol. The monoisotopic (exact) mass is 312 g/mol. The second kappa shape index (κ2) is 7.76. The number of carbonyl (C=O) groups is 1. The SMILES string of the molecule is CCCN(CC1CCCCN1)C(=O)c1ccc(Cl)cc1F. The molecule has 1 aromatic carbocycles. The lowest BCUT2D eigenvalue weighted by Crippen LogP contribution is -2.46. The highest BCUT2D eigenvalue weighted by Crippen LogP contribution is 2.17. The number of hydrogen-bond acceptors (Lipinski definition) is 2. The maximum absolute atomic E-state index is 13.9. The van der Waals surface area contributed by atoms with Gasteiger partial charge < -0.3 is 10.2 Å². The van der Waals surface area contributed by atoms with Gasteiger partial charge in [-0.15, -0.1) is 0 Å². The third-order valence-corrected chi connectivity index (χ3v) is 4.03. The summed E-state index contributed by atoms with van der Waals surface area (Å²) in [5.74, 6) is -0.802. The van der Waals surface area contributed by atoms with E-state index in [9.17, 15) is 9.18 Å². The molecule has 1 aliphatic heterocycles. The molecule has 1 amide bonds. The van der Waals surface area contributed by atoms with Crippen LogP contribution >= 0.6 is 11.6 Å². The van der Waals surface area contributed by atoms with Crippen LogP contribution in [-0.2, 0) is 0 Å². The zero-order valence-electron chi connectivity index (χ0n) is 12.4. The summed E-state index contributed by atoms with van der Waals surface area (Å²) in [7, 11) is 0. The van der Waals surface area contributed by atoms with Gasteiger partial charge in [0.25, 0.3) is 5.91 Å². The summed E-state index contributed by atoms with van der Waals surface area (Å²) in [6, 6.07) is 4.53. The normalized spacial score (nSPS) is 18.5. The standard InChI is InChI=1S/C16H22ClFN2O/c1-2-9-20(11-13-5-3-4-8-19-13)16(21)14-7-6-12(17)10-15(14)18/h6-7,10,13,19H,2-5,8-9,11H2,1H3. The molecule has 1 fully saturated rings. The molecule has 1 aliphatic rings. The molecule has 0 aromatic heterocycles. The lowest BCUT2D eigenvalue weighted by atomic mass is 10.0. The van der Waals surface area contributed by atoms with Crippen molar-refractivity contribution in [3.05, 3.63) is 34.6 Å². The molecule has 2 rings (SSSR count). The Kier molecular flexibility index (Phi) is 6.00. The van der Waals surface area contributed by atoms with Gasteiger partial charge in [-0.2, -0.15) is 0 Å². The fourth-order valence-electron chi connectivity index (χ4n) is 2.72. The smallest absolute Gasteiger partial charge is 0.256 e. The summed E-state index contributed by atoms with van der Waals surface area (Å²) in [6.45, 7) is 4.29. The van der Waals surface area contributed by atoms with E-state index in [-0.39, 0.29) is 11.5 Å². The fourth-order valence-corrected chi connectivity index (χ4v) is 2.88. The van der Waals surface area contributed by atoms with E-state index in [1.165, 1.54) is 25.0 Å². The van der Waals surface area contributed by atoms with E-state index in [1.807, 2.05) is 6.92 Å². The molecule has 0 saturated carbocycles. The van der Waals surface area contributed by atoms with Crippen molar-refractivity contribution >= 4 is 17.5 Å². The largest absolute Gasteiger partial charge is 0.337 e. The topological polar surface area (TPSA) is 32.3 Å². The Morgan fingerprint density at radius 1 is 1.48 bits per heavy atom. The first kappa shape index (κ1) is 16.2. The lowest BCUT2D eigenvalue weighted by molar-refractivity contribution is 0.0727. The maximum atomic E-state index is 13.9. The first-order valence-electron chi connectivity index (χ1n) is 7.59. The Balaban J connectivity index is 2.10. The van der Waals surface area contributed by atoms with Crippen molar-refractivity contribution in [3.8, 4) is 0 Å². The molecule has 1 N–H and O–H groups in total. The lowest BCUT2D eigenvalue weighted by Gasteiger charge is -2.30. The molecule has 1 heterocycles. The predicted octanol–water partition coefficient (Wildman–Crippen LogP) is 3.47. The molecule has 0 aliphatic carbocycles. The average molecular weight is 313 g/mol. The molecule has 21 heavy (non-hydrogen) atoms. The van der Waals surface area contributed by atoms with E-state index in [1.54, 1.807) is 11.0 Å². The highest BCUT2D eigenvalue weighted by Gasteiger charge is 2.23. The van der Waals surface area contributed by atoms with Crippen LogP contribution in [0.25, 0.3) is 0 Å². The first-order valence-corrected chi connectivity index (χ1v) is 7.97. The fraction of sp³-hybridized carbons (Fsp3) is 0.562. The Labute approximate surface area is 130 Å². The van der Waals surface area contributed by atoms with Gasteiger partial charge in [0, 0.05) is 24.2 Å². The highest BCUT2D eigenvalue weighted by molar-refractivity contribution is 6.30. The van der Waals surface area contributed by atoms with Crippen LogP contribution in [0.2, 0.25) is 5.02 Å². The summed E-state index contributed by atoms with van der Waals surface area (Å²) >= 11 is 5.74. The van der Waals surface area contributed by atoms with Gasteiger partial charge in [0.2, 0.25) is 0 Å². The van der Waals surface area contributed by atoms with E-state index in [2.05, 4.69) is 5.32 Å². The molecule has 1 atom stereocenters. The van der Waals surface area contributed by atoms with E-state index >= 15 is 0 Å². The molecule has 1 unspecified atom stereocenters. The molecular weight excluding hydrogens is 291 g/mol. The first-order chi connectivity index (χ1) is 10.1. The van der Waals surface area contributed by atoms with Crippen molar-refractivity contribution < 1.29 is 9.18 Å². The molecule has 3 nitrogen and oxygen atoms in total. The van der Waals surface area contributed by atoms with Gasteiger partial charge in [0.05, 0.1) is 5.56 Å². The maximum Gasteiger partial charge on any atom is 0.256 e. The summed E-state index contributed by atoms with van der Waals surface area (Å²) in [5.41, 5.74) is 0.101. The molecular formula is C16H22ClFN2O. The van der Waals surface area contributed by atoms with Gasteiger partial charge >= 0.3 is 0 Å². The van der Waals surface area contributed by atoms with Crippen LogP contribution in [0.5, 0.6) is 0 Å². The average Bonchev–Trinajstić information content (AvgIpc) is 2.47. The van der Waals surface area contributed by atoms with Gasteiger partial charge in [-0.3, -0.25) is 4.79 Å². The second-order valence-electron chi connectivity index (χ2n) is 5.52. The van der Waals surface area contributed by atoms with Gasteiger partial charge in [0.1, 0.15) is 5.82 Å².